The van der Waals surface area contributed by atoms with Gasteiger partial charge < -0.3 is 4.90 Å². The van der Waals surface area contributed by atoms with Crippen LogP contribution in [0.5, 0.6) is 0 Å². The van der Waals surface area contributed by atoms with Crippen molar-refractivity contribution in [1.29, 1.82) is 0 Å². The molecule has 0 radical (unpaired) electrons. The molecule has 1 aliphatic heterocycles. The molecular weight excluding hydrogens is 346 g/mol. The number of amides is 1. The monoisotopic (exact) mass is 365 g/mol. The molecule has 6 nitrogen and oxygen atoms in total. The zero-order valence-electron chi connectivity index (χ0n) is 13.3. The summed E-state index contributed by atoms with van der Waals surface area (Å²) >= 11 is 7.75. The second kappa shape index (κ2) is 8.50. The third kappa shape index (κ3) is 4.72. The van der Waals surface area contributed by atoms with Gasteiger partial charge in [-0.2, -0.15) is 5.10 Å². The van der Waals surface area contributed by atoms with Crippen LogP contribution >= 0.6 is 23.4 Å². The maximum atomic E-state index is 12.3. The molecule has 8 heteroatoms. The van der Waals surface area contributed by atoms with Gasteiger partial charge in [0.05, 0.1) is 12.3 Å². The molecule has 3 rings (SSSR count). The van der Waals surface area contributed by atoms with Gasteiger partial charge in [-0.25, -0.2) is 4.98 Å². The summed E-state index contributed by atoms with van der Waals surface area (Å²) in [5.74, 6) is 2.32. The molecule has 0 aliphatic carbocycles. The summed E-state index contributed by atoms with van der Waals surface area (Å²) in [6, 6.07) is 7.77. The molecule has 2 heterocycles. The average molecular weight is 366 g/mol. The highest BCUT2D eigenvalue weighted by Crippen LogP contribution is 2.21. The minimum absolute atomic E-state index is 0.200. The summed E-state index contributed by atoms with van der Waals surface area (Å²) < 4.78 is 0. The van der Waals surface area contributed by atoms with Gasteiger partial charge in [-0.15, -0.1) is 11.8 Å². The number of halogens is 1. The molecule has 1 fully saturated rings. The van der Waals surface area contributed by atoms with E-state index in [9.17, 15) is 4.79 Å². The summed E-state index contributed by atoms with van der Waals surface area (Å²) in [5.41, 5.74) is 1.08. The Labute approximate surface area is 150 Å². The van der Waals surface area contributed by atoms with Crippen molar-refractivity contribution < 1.29 is 4.79 Å². The third-order valence-corrected chi connectivity index (χ3v) is 5.34. The molecule has 24 heavy (non-hydrogen) atoms. The van der Waals surface area contributed by atoms with E-state index in [2.05, 4.69) is 20.1 Å². The molecule has 1 aromatic carbocycles. The smallest absolute Gasteiger partial charge is 0.232 e. The zero-order valence-corrected chi connectivity index (χ0v) is 14.9. The van der Waals surface area contributed by atoms with Gasteiger partial charge in [-0.1, -0.05) is 29.8 Å². The summed E-state index contributed by atoms with van der Waals surface area (Å²) in [6.45, 7) is 4.01. The lowest BCUT2D eigenvalue weighted by Gasteiger charge is -2.34. The Balaban J connectivity index is 1.38. The number of carbonyl (C=O) groups excluding carboxylic acids is 1. The topological polar surface area (TPSA) is 65.1 Å². The van der Waals surface area contributed by atoms with Crippen LogP contribution in [-0.4, -0.2) is 62.8 Å². The number of piperazine rings is 1. The van der Waals surface area contributed by atoms with Gasteiger partial charge in [-0.05, 0) is 11.6 Å². The number of rotatable bonds is 6. The van der Waals surface area contributed by atoms with Gasteiger partial charge >= 0.3 is 0 Å². The first-order chi connectivity index (χ1) is 11.7. The Morgan fingerprint density at radius 3 is 2.75 bits per heavy atom. The fraction of sp³-hybridized carbons (Fsp3) is 0.438. The van der Waals surface area contributed by atoms with Crippen LogP contribution in [0, 0.1) is 0 Å². The van der Waals surface area contributed by atoms with Crippen LogP contribution in [0.2, 0.25) is 5.02 Å². The van der Waals surface area contributed by atoms with Crippen molar-refractivity contribution in [3.05, 3.63) is 47.0 Å². The molecule has 1 aromatic heterocycles. The van der Waals surface area contributed by atoms with E-state index in [-0.39, 0.29) is 5.91 Å². The predicted molar refractivity (Wildman–Crippen MR) is 95.9 cm³/mol. The van der Waals surface area contributed by atoms with Crippen LogP contribution in [-0.2, 0) is 17.1 Å². The van der Waals surface area contributed by atoms with Gasteiger partial charge in [0.25, 0.3) is 0 Å². The second-order valence-corrected chi connectivity index (χ2v) is 7.07. The maximum Gasteiger partial charge on any atom is 0.232 e. The first kappa shape index (κ1) is 17.3. The van der Waals surface area contributed by atoms with Crippen molar-refractivity contribution >= 4 is 29.3 Å². The third-order valence-electron chi connectivity index (χ3n) is 4.00. The van der Waals surface area contributed by atoms with Gasteiger partial charge in [0.1, 0.15) is 12.2 Å². The number of hydrogen-bond donors (Lipinski definition) is 1. The van der Waals surface area contributed by atoms with Gasteiger partial charge in [0.15, 0.2) is 0 Å². The standard InChI is InChI=1S/C16H20ClN5OS/c17-14-4-2-1-3-13(14)10-24-11-16(23)22-7-5-21(6-8-22)9-15-18-12-19-20-15/h1-4,12H,5-11H2,(H,18,19,20). The fourth-order valence-electron chi connectivity index (χ4n) is 2.63. The molecule has 0 bridgehead atoms. The number of hydrogen-bond acceptors (Lipinski definition) is 5. The lowest BCUT2D eigenvalue weighted by atomic mass is 10.2. The van der Waals surface area contributed by atoms with Crippen molar-refractivity contribution in [2.75, 3.05) is 31.9 Å². The van der Waals surface area contributed by atoms with Crippen molar-refractivity contribution in [1.82, 2.24) is 25.0 Å². The van der Waals surface area contributed by atoms with E-state index in [1.54, 1.807) is 11.8 Å². The number of nitrogens with one attached hydrogen (secondary N) is 1. The summed E-state index contributed by atoms with van der Waals surface area (Å²) in [7, 11) is 0. The molecule has 1 N–H and O–H groups in total. The van der Waals surface area contributed by atoms with E-state index in [4.69, 9.17) is 11.6 Å². The molecule has 128 valence electrons. The van der Waals surface area contributed by atoms with Gasteiger partial charge in [0, 0.05) is 37.0 Å². The molecule has 1 aliphatic rings. The highest BCUT2D eigenvalue weighted by atomic mass is 35.5. The first-order valence-corrected chi connectivity index (χ1v) is 9.41. The number of aromatic nitrogens is 3. The van der Waals surface area contributed by atoms with Crippen molar-refractivity contribution in [3.63, 3.8) is 0 Å². The molecule has 0 spiro atoms. The van der Waals surface area contributed by atoms with Crippen LogP contribution in [0.25, 0.3) is 0 Å². The number of carbonyl (C=O) groups is 1. The predicted octanol–water partition coefficient (Wildman–Crippen LogP) is 2.04. The van der Waals surface area contributed by atoms with Crippen LogP contribution in [0.15, 0.2) is 30.6 Å². The van der Waals surface area contributed by atoms with Crippen LogP contribution in [0.1, 0.15) is 11.4 Å². The minimum atomic E-state index is 0.200. The molecule has 1 amide bonds. The first-order valence-electron chi connectivity index (χ1n) is 7.88. The van der Waals surface area contributed by atoms with Crippen molar-refractivity contribution in [2.24, 2.45) is 0 Å². The fourth-order valence-corrected chi connectivity index (χ4v) is 3.84. The zero-order chi connectivity index (χ0) is 16.8. The number of benzene rings is 1. The summed E-state index contributed by atoms with van der Waals surface area (Å²) in [6.07, 6.45) is 1.52. The molecule has 0 unspecified atom stereocenters. The Kier molecular flexibility index (Phi) is 6.12. The van der Waals surface area contributed by atoms with E-state index in [1.807, 2.05) is 29.2 Å². The lowest BCUT2D eigenvalue weighted by Crippen LogP contribution is -2.48. The molecular formula is C16H20ClN5OS. The molecule has 0 saturated carbocycles. The largest absolute Gasteiger partial charge is 0.339 e. The van der Waals surface area contributed by atoms with Crippen LogP contribution in [0.4, 0.5) is 0 Å². The van der Waals surface area contributed by atoms with Gasteiger partial charge in [-0.3, -0.25) is 14.8 Å². The van der Waals surface area contributed by atoms with Crippen LogP contribution < -0.4 is 0 Å². The van der Waals surface area contributed by atoms with E-state index < -0.39 is 0 Å². The minimum Gasteiger partial charge on any atom is -0.339 e. The average Bonchev–Trinajstić information content (AvgIpc) is 3.10. The van der Waals surface area contributed by atoms with E-state index in [0.29, 0.717) is 5.75 Å². The van der Waals surface area contributed by atoms with Crippen LogP contribution in [0.3, 0.4) is 0 Å². The Morgan fingerprint density at radius 2 is 2.04 bits per heavy atom. The number of H-pyrrole nitrogens is 1. The quantitative estimate of drug-likeness (QED) is 0.848. The van der Waals surface area contributed by atoms with Crippen molar-refractivity contribution in [3.8, 4) is 0 Å². The Bertz CT molecular complexity index is 658. The molecule has 1 saturated heterocycles. The Morgan fingerprint density at radius 1 is 1.25 bits per heavy atom. The SMILES string of the molecule is O=C(CSCc1ccccc1Cl)N1CCN(Cc2ncn[nH]2)CC1. The number of aromatic amines is 1. The normalized spacial score (nSPS) is 15.6. The lowest BCUT2D eigenvalue weighted by molar-refractivity contribution is -0.130. The number of thioether (sulfide) groups is 1. The van der Waals surface area contributed by atoms with Gasteiger partial charge in [0.2, 0.25) is 5.91 Å². The Hall–Kier alpha value is -1.57. The van der Waals surface area contributed by atoms with E-state index in [0.717, 1.165) is 54.9 Å². The second-order valence-electron chi connectivity index (χ2n) is 5.67. The summed E-state index contributed by atoms with van der Waals surface area (Å²) in [5, 5.41) is 7.49. The highest BCUT2D eigenvalue weighted by Gasteiger charge is 2.21. The maximum absolute atomic E-state index is 12.3. The van der Waals surface area contributed by atoms with Crippen molar-refractivity contribution in [2.45, 2.75) is 12.3 Å². The number of nitrogens with zero attached hydrogens (tertiary/aromatic N) is 4. The van der Waals surface area contributed by atoms with E-state index >= 15 is 0 Å². The molecule has 0 atom stereocenters. The highest BCUT2D eigenvalue weighted by molar-refractivity contribution is 7.99. The molecule has 2 aromatic rings. The summed E-state index contributed by atoms with van der Waals surface area (Å²) in [4.78, 5) is 20.7. The van der Waals surface area contributed by atoms with E-state index in [1.165, 1.54) is 6.33 Å².